The molecule has 36 heavy (non-hydrogen) atoms. The van der Waals surface area contributed by atoms with Gasteiger partial charge >= 0.3 is 6.18 Å². The van der Waals surface area contributed by atoms with Gasteiger partial charge in [-0.2, -0.15) is 13.2 Å². The molecular formula is C26H24F3N3O4. The Kier molecular flexibility index (Phi) is 7.05. The van der Waals surface area contributed by atoms with Crippen LogP contribution in [0.4, 0.5) is 13.2 Å². The molecule has 1 atom stereocenters. The fourth-order valence-corrected chi connectivity index (χ4v) is 3.98. The van der Waals surface area contributed by atoms with E-state index in [1.807, 2.05) is 30.3 Å². The van der Waals surface area contributed by atoms with Crippen molar-refractivity contribution in [1.82, 2.24) is 15.3 Å². The second kappa shape index (κ2) is 10.2. The summed E-state index contributed by atoms with van der Waals surface area (Å²) in [6.45, 7) is 0. The van der Waals surface area contributed by atoms with Crippen molar-refractivity contribution in [2.24, 2.45) is 0 Å². The third kappa shape index (κ3) is 5.22. The zero-order valence-corrected chi connectivity index (χ0v) is 19.8. The SMILES string of the molecule is COc1cc(CC(=O)NC(c2ccccc2)c2ccc3nc(C(F)(F)F)[nH]c3c2)cc(OC)c1OC. The number of aromatic nitrogens is 2. The number of nitrogens with one attached hydrogen (secondary N) is 2. The Morgan fingerprint density at radius 3 is 2.19 bits per heavy atom. The number of ether oxygens (including phenoxy) is 3. The highest BCUT2D eigenvalue weighted by Gasteiger charge is 2.34. The molecule has 7 nitrogen and oxygen atoms in total. The fourth-order valence-electron chi connectivity index (χ4n) is 3.98. The van der Waals surface area contributed by atoms with Crippen molar-refractivity contribution in [2.75, 3.05) is 21.3 Å². The molecule has 0 saturated carbocycles. The molecule has 0 spiro atoms. The van der Waals surface area contributed by atoms with Crippen LogP contribution in [0.2, 0.25) is 0 Å². The van der Waals surface area contributed by atoms with Crippen LogP contribution >= 0.6 is 0 Å². The standard InChI is InChI=1S/C26H24F3N3O4/c1-34-20-11-15(12-21(35-2)24(20)36-3)13-22(33)32-23(16-7-5-4-6-8-16)17-9-10-18-19(14-17)31-25(30-18)26(27,28)29/h4-12,14,23H,13H2,1-3H3,(H,30,31)(H,32,33). The van der Waals surface area contributed by atoms with Gasteiger partial charge in [0, 0.05) is 0 Å². The first-order chi connectivity index (χ1) is 17.2. The van der Waals surface area contributed by atoms with Gasteiger partial charge in [0.15, 0.2) is 11.5 Å². The van der Waals surface area contributed by atoms with Crippen LogP contribution < -0.4 is 19.5 Å². The predicted octanol–water partition coefficient (Wildman–Crippen LogP) is 5.06. The molecule has 0 fully saturated rings. The van der Waals surface area contributed by atoms with Crippen LogP contribution in [0.5, 0.6) is 17.2 Å². The lowest BCUT2D eigenvalue weighted by Gasteiger charge is -2.20. The van der Waals surface area contributed by atoms with E-state index in [1.165, 1.54) is 27.4 Å². The first-order valence-electron chi connectivity index (χ1n) is 10.9. The molecule has 1 unspecified atom stereocenters. The summed E-state index contributed by atoms with van der Waals surface area (Å²) in [6.07, 6.45) is -4.59. The van der Waals surface area contributed by atoms with Gasteiger partial charge in [0.1, 0.15) is 0 Å². The number of hydrogen-bond acceptors (Lipinski definition) is 5. The highest BCUT2D eigenvalue weighted by molar-refractivity contribution is 5.81. The lowest BCUT2D eigenvalue weighted by Crippen LogP contribution is -2.30. The molecule has 0 aliphatic carbocycles. The molecule has 10 heteroatoms. The van der Waals surface area contributed by atoms with Crippen LogP contribution in [0, 0.1) is 0 Å². The maximum absolute atomic E-state index is 13.1. The highest BCUT2D eigenvalue weighted by Crippen LogP contribution is 2.38. The maximum Gasteiger partial charge on any atom is 0.449 e. The second-order valence-corrected chi connectivity index (χ2v) is 7.98. The number of rotatable bonds is 8. The fraction of sp³-hybridized carbons (Fsp3) is 0.231. The molecule has 4 aromatic rings. The predicted molar refractivity (Wildman–Crippen MR) is 127 cm³/mol. The molecule has 1 heterocycles. The molecule has 1 aromatic heterocycles. The number of nitrogens with zero attached hydrogens (tertiary/aromatic N) is 1. The number of fused-ring (bicyclic) bond motifs is 1. The van der Waals surface area contributed by atoms with Gasteiger partial charge in [0.2, 0.25) is 17.5 Å². The monoisotopic (exact) mass is 499 g/mol. The van der Waals surface area contributed by atoms with Crippen molar-refractivity contribution in [2.45, 2.75) is 18.6 Å². The van der Waals surface area contributed by atoms with E-state index >= 15 is 0 Å². The summed E-state index contributed by atoms with van der Waals surface area (Å²) in [4.78, 5) is 19.1. The Labute approximate surface area is 205 Å². The van der Waals surface area contributed by atoms with Gasteiger partial charge < -0.3 is 24.5 Å². The van der Waals surface area contributed by atoms with E-state index in [9.17, 15) is 18.0 Å². The smallest absolute Gasteiger partial charge is 0.449 e. The number of benzene rings is 3. The third-order valence-electron chi connectivity index (χ3n) is 5.64. The first kappa shape index (κ1) is 24.9. The largest absolute Gasteiger partial charge is 0.493 e. The molecule has 1 amide bonds. The Balaban J connectivity index is 1.65. The van der Waals surface area contributed by atoms with Crippen molar-refractivity contribution in [3.8, 4) is 17.2 Å². The Bertz CT molecular complexity index is 1350. The van der Waals surface area contributed by atoms with Gasteiger partial charge in [0.05, 0.1) is 44.8 Å². The molecule has 0 aliphatic rings. The second-order valence-electron chi connectivity index (χ2n) is 7.98. The number of carbonyl (C=O) groups is 1. The highest BCUT2D eigenvalue weighted by atomic mass is 19.4. The van der Waals surface area contributed by atoms with Crippen LogP contribution in [-0.4, -0.2) is 37.2 Å². The number of halogens is 3. The normalized spacial score (nSPS) is 12.3. The Morgan fingerprint density at radius 1 is 0.944 bits per heavy atom. The molecule has 4 rings (SSSR count). The van der Waals surface area contributed by atoms with Crippen molar-refractivity contribution in [3.05, 3.63) is 83.2 Å². The van der Waals surface area contributed by atoms with Gasteiger partial charge in [-0.15, -0.1) is 0 Å². The molecule has 3 aromatic carbocycles. The van der Waals surface area contributed by atoms with Crippen molar-refractivity contribution >= 4 is 16.9 Å². The van der Waals surface area contributed by atoms with Gasteiger partial charge in [-0.3, -0.25) is 4.79 Å². The number of aromatic amines is 1. The van der Waals surface area contributed by atoms with E-state index in [0.29, 0.717) is 28.4 Å². The van der Waals surface area contributed by atoms with Crippen LogP contribution in [0.3, 0.4) is 0 Å². The minimum atomic E-state index is -4.59. The minimum Gasteiger partial charge on any atom is -0.493 e. The summed E-state index contributed by atoms with van der Waals surface area (Å²) < 4.78 is 55.4. The van der Waals surface area contributed by atoms with Crippen molar-refractivity contribution in [3.63, 3.8) is 0 Å². The molecule has 188 valence electrons. The van der Waals surface area contributed by atoms with Crippen LogP contribution in [0.1, 0.15) is 28.6 Å². The molecule has 0 aliphatic heterocycles. The number of carbonyl (C=O) groups excluding carboxylic acids is 1. The minimum absolute atomic E-state index is 0.00454. The van der Waals surface area contributed by atoms with E-state index in [-0.39, 0.29) is 23.4 Å². The molecule has 0 radical (unpaired) electrons. The van der Waals surface area contributed by atoms with Crippen LogP contribution in [0.15, 0.2) is 60.7 Å². The van der Waals surface area contributed by atoms with Gasteiger partial charge in [0.25, 0.3) is 0 Å². The molecule has 2 N–H and O–H groups in total. The summed E-state index contributed by atoms with van der Waals surface area (Å²) in [5.74, 6) is -0.123. The summed E-state index contributed by atoms with van der Waals surface area (Å²) in [5.41, 5.74) is 2.41. The summed E-state index contributed by atoms with van der Waals surface area (Å²) in [6, 6.07) is 16.6. The summed E-state index contributed by atoms with van der Waals surface area (Å²) in [7, 11) is 4.47. The van der Waals surface area contributed by atoms with E-state index in [0.717, 1.165) is 5.56 Å². The first-order valence-corrected chi connectivity index (χ1v) is 10.9. The number of H-pyrrole nitrogens is 1. The number of alkyl halides is 3. The van der Waals surface area contributed by atoms with Gasteiger partial charge in [-0.25, -0.2) is 4.98 Å². The summed E-state index contributed by atoms with van der Waals surface area (Å²) >= 11 is 0. The molecular weight excluding hydrogens is 475 g/mol. The van der Waals surface area contributed by atoms with Crippen molar-refractivity contribution < 1.29 is 32.2 Å². The lowest BCUT2D eigenvalue weighted by molar-refractivity contribution is -0.144. The number of imidazole rings is 1. The number of hydrogen-bond donors (Lipinski definition) is 2. The average molecular weight is 499 g/mol. The van der Waals surface area contributed by atoms with Crippen molar-refractivity contribution in [1.29, 1.82) is 0 Å². The topological polar surface area (TPSA) is 85.5 Å². The van der Waals surface area contributed by atoms with Gasteiger partial charge in [-0.05, 0) is 41.0 Å². The Morgan fingerprint density at radius 2 is 1.61 bits per heavy atom. The van der Waals surface area contributed by atoms with E-state index in [1.54, 1.807) is 24.3 Å². The average Bonchev–Trinajstić information content (AvgIpc) is 3.31. The zero-order chi connectivity index (χ0) is 25.9. The maximum atomic E-state index is 13.1. The van der Waals surface area contributed by atoms with Crippen LogP contribution in [0.25, 0.3) is 11.0 Å². The Hall–Kier alpha value is -4.21. The van der Waals surface area contributed by atoms with Gasteiger partial charge in [-0.1, -0.05) is 36.4 Å². The molecule has 0 saturated heterocycles. The van der Waals surface area contributed by atoms with E-state index in [2.05, 4.69) is 15.3 Å². The third-order valence-corrected chi connectivity index (χ3v) is 5.64. The van der Waals surface area contributed by atoms with E-state index < -0.39 is 18.0 Å². The van der Waals surface area contributed by atoms with E-state index in [4.69, 9.17) is 14.2 Å². The number of amides is 1. The van der Waals surface area contributed by atoms with Crippen LogP contribution in [-0.2, 0) is 17.4 Å². The lowest BCUT2D eigenvalue weighted by atomic mass is 9.97. The summed E-state index contributed by atoms with van der Waals surface area (Å²) in [5, 5.41) is 3.00. The quantitative estimate of drug-likeness (QED) is 0.354. The zero-order valence-electron chi connectivity index (χ0n) is 19.8. The molecule has 0 bridgehead atoms. The number of methoxy groups -OCH3 is 3.